The highest BCUT2D eigenvalue weighted by Crippen LogP contribution is 2.30. The second-order valence-electron chi connectivity index (χ2n) is 7.81. The Hall–Kier alpha value is -4.17. The van der Waals surface area contributed by atoms with Crippen molar-refractivity contribution in [1.82, 2.24) is 10.3 Å². The van der Waals surface area contributed by atoms with Crippen molar-refractivity contribution in [3.63, 3.8) is 0 Å². The van der Waals surface area contributed by atoms with Crippen LogP contribution in [0, 0.1) is 0 Å². The second kappa shape index (κ2) is 10.6. The minimum Gasteiger partial charge on any atom is -0.457 e. The smallest absolute Gasteiger partial charge is 0.254 e. The SMILES string of the molecule is C=CC(=O)N(c1cnc(Oc2ccc(Oc3ccccc3)cc2)c(C(N)=O)c1)C1CCCNC1. The van der Waals surface area contributed by atoms with Gasteiger partial charge in [0.15, 0.2) is 0 Å². The van der Waals surface area contributed by atoms with Crippen LogP contribution in [0.25, 0.3) is 0 Å². The maximum atomic E-state index is 12.6. The van der Waals surface area contributed by atoms with E-state index in [1.54, 1.807) is 29.2 Å². The van der Waals surface area contributed by atoms with E-state index in [9.17, 15) is 9.59 Å². The van der Waals surface area contributed by atoms with Crippen LogP contribution in [0.15, 0.2) is 79.5 Å². The molecule has 3 aromatic rings. The van der Waals surface area contributed by atoms with Crippen LogP contribution >= 0.6 is 0 Å². The van der Waals surface area contributed by atoms with Crippen LogP contribution in [0.2, 0.25) is 0 Å². The largest absolute Gasteiger partial charge is 0.457 e. The summed E-state index contributed by atoms with van der Waals surface area (Å²) in [5.74, 6) is 0.891. The van der Waals surface area contributed by atoms with Crippen molar-refractivity contribution < 1.29 is 19.1 Å². The Bertz CT molecular complexity index is 1160. The van der Waals surface area contributed by atoms with E-state index >= 15 is 0 Å². The molecule has 1 unspecified atom stereocenters. The van der Waals surface area contributed by atoms with Gasteiger partial charge in [0.05, 0.1) is 11.9 Å². The second-order valence-corrected chi connectivity index (χ2v) is 7.81. The molecule has 3 N–H and O–H groups in total. The van der Waals surface area contributed by atoms with E-state index in [-0.39, 0.29) is 23.4 Å². The average molecular weight is 459 g/mol. The van der Waals surface area contributed by atoms with Crippen molar-refractivity contribution in [2.45, 2.75) is 18.9 Å². The number of ether oxygens (including phenoxy) is 2. The normalized spacial score (nSPS) is 15.2. The van der Waals surface area contributed by atoms with Crippen molar-refractivity contribution in [2.75, 3.05) is 18.0 Å². The van der Waals surface area contributed by atoms with Gasteiger partial charge in [0.1, 0.15) is 22.8 Å². The summed E-state index contributed by atoms with van der Waals surface area (Å²) >= 11 is 0. The van der Waals surface area contributed by atoms with Crippen LogP contribution in [-0.2, 0) is 4.79 Å². The number of hydrogen-bond acceptors (Lipinski definition) is 6. The van der Waals surface area contributed by atoms with Crippen molar-refractivity contribution in [1.29, 1.82) is 0 Å². The lowest BCUT2D eigenvalue weighted by molar-refractivity contribution is -0.114. The fraction of sp³-hybridized carbons (Fsp3) is 0.192. The summed E-state index contributed by atoms with van der Waals surface area (Å²) in [7, 11) is 0. The summed E-state index contributed by atoms with van der Waals surface area (Å²) in [6.45, 7) is 5.15. The molecule has 1 saturated heterocycles. The number of nitrogens with one attached hydrogen (secondary N) is 1. The molecule has 0 aliphatic carbocycles. The monoisotopic (exact) mass is 458 g/mol. The zero-order chi connectivity index (χ0) is 23.9. The van der Waals surface area contributed by atoms with Crippen LogP contribution in [0.3, 0.4) is 0 Å². The molecular formula is C26H26N4O4. The fourth-order valence-electron chi connectivity index (χ4n) is 3.81. The van der Waals surface area contributed by atoms with Gasteiger partial charge >= 0.3 is 0 Å². The number of aromatic nitrogens is 1. The number of hydrogen-bond donors (Lipinski definition) is 2. The number of para-hydroxylation sites is 1. The van der Waals surface area contributed by atoms with E-state index in [0.29, 0.717) is 23.7 Å². The average Bonchev–Trinajstić information content (AvgIpc) is 2.87. The Morgan fingerprint density at radius 1 is 1.06 bits per heavy atom. The number of piperidine rings is 1. The van der Waals surface area contributed by atoms with Gasteiger partial charge in [0.2, 0.25) is 5.88 Å². The van der Waals surface area contributed by atoms with Crippen LogP contribution in [0.4, 0.5) is 5.69 Å². The predicted molar refractivity (Wildman–Crippen MR) is 129 cm³/mol. The molecule has 2 amide bonds. The van der Waals surface area contributed by atoms with E-state index in [4.69, 9.17) is 15.2 Å². The van der Waals surface area contributed by atoms with Gasteiger partial charge in [0.25, 0.3) is 11.8 Å². The third-order valence-corrected chi connectivity index (χ3v) is 5.45. The van der Waals surface area contributed by atoms with Gasteiger partial charge in [-0.1, -0.05) is 24.8 Å². The molecule has 0 bridgehead atoms. The lowest BCUT2D eigenvalue weighted by atomic mass is 10.0. The lowest BCUT2D eigenvalue weighted by Crippen LogP contribution is -2.48. The van der Waals surface area contributed by atoms with Crippen LogP contribution < -0.4 is 25.4 Å². The minimum atomic E-state index is -0.707. The zero-order valence-corrected chi connectivity index (χ0v) is 18.6. The molecule has 1 aliphatic rings. The number of pyridine rings is 1. The first-order valence-corrected chi connectivity index (χ1v) is 11.0. The van der Waals surface area contributed by atoms with Gasteiger partial charge in [-0.15, -0.1) is 0 Å². The molecule has 1 fully saturated rings. The van der Waals surface area contributed by atoms with Gasteiger partial charge in [-0.3, -0.25) is 9.59 Å². The summed E-state index contributed by atoms with van der Waals surface area (Å²) in [4.78, 5) is 30.7. The summed E-state index contributed by atoms with van der Waals surface area (Å²) in [5, 5.41) is 3.29. The quantitative estimate of drug-likeness (QED) is 0.494. The Morgan fingerprint density at radius 3 is 2.35 bits per heavy atom. The Kier molecular flexibility index (Phi) is 7.19. The number of nitrogens with two attached hydrogens (primary N) is 1. The molecule has 174 valence electrons. The van der Waals surface area contributed by atoms with E-state index in [0.717, 1.165) is 25.1 Å². The molecule has 8 nitrogen and oxygen atoms in total. The number of carbonyl (C=O) groups excluding carboxylic acids is 2. The highest BCUT2D eigenvalue weighted by molar-refractivity contribution is 6.03. The van der Waals surface area contributed by atoms with Gasteiger partial charge < -0.3 is 25.4 Å². The topological polar surface area (TPSA) is 107 Å². The molecule has 1 aliphatic heterocycles. The van der Waals surface area contributed by atoms with E-state index in [2.05, 4.69) is 16.9 Å². The molecule has 34 heavy (non-hydrogen) atoms. The molecule has 4 rings (SSSR count). The third-order valence-electron chi connectivity index (χ3n) is 5.45. The molecule has 8 heteroatoms. The molecule has 1 atom stereocenters. The van der Waals surface area contributed by atoms with Crippen molar-refractivity contribution in [3.05, 3.63) is 85.1 Å². The maximum Gasteiger partial charge on any atom is 0.254 e. The van der Waals surface area contributed by atoms with E-state index in [1.807, 2.05) is 30.3 Å². The summed E-state index contributed by atoms with van der Waals surface area (Å²) in [6, 6.07) is 17.8. The Balaban J connectivity index is 1.56. The molecule has 0 saturated carbocycles. The first-order chi connectivity index (χ1) is 16.5. The Morgan fingerprint density at radius 2 is 1.74 bits per heavy atom. The van der Waals surface area contributed by atoms with Crippen LogP contribution in [0.5, 0.6) is 23.1 Å². The highest BCUT2D eigenvalue weighted by atomic mass is 16.5. The molecule has 2 aromatic carbocycles. The van der Waals surface area contributed by atoms with Crippen molar-refractivity contribution in [2.24, 2.45) is 5.73 Å². The van der Waals surface area contributed by atoms with Crippen LogP contribution in [0.1, 0.15) is 23.2 Å². The predicted octanol–water partition coefficient (Wildman–Crippen LogP) is 4.04. The number of anilines is 1. The van der Waals surface area contributed by atoms with E-state index in [1.165, 1.54) is 18.3 Å². The standard InChI is InChI=1S/C26H26N4O4/c1-2-24(31)30(18-7-6-14-28-16-18)19-15-23(25(27)32)26(29-17-19)34-22-12-10-21(11-13-22)33-20-8-4-3-5-9-20/h2-5,8-13,15,17-18,28H,1,6-7,14,16H2,(H2,27,32). The van der Waals surface area contributed by atoms with Crippen LogP contribution in [-0.4, -0.2) is 35.9 Å². The summed E-state index contributed by atoms with van der Waals surface area (Å²) in [6.07, 6.45) is 4.52. The molecule has 2 heterocycles. The first kappa shape index (κ1) is 23.0. The number of amides is 2. The van der Waals surface area contributed by atoms with E-state index < -0.39 is 5.91 Å². The van der Waals surface area contributed by atoms with Gasteiger partial charge in [0, 0.05) is 12.6 Å². The van der Waals surface area contributed by atoms with Gasteiger partial charge in [-0.2, -0.15) is 0 Å². The maximum absolute atomic E-state index is 12.6. The number of primary amides is 1. The van der Waals surface area contributed by atoms with Crippen molar-refractivity contribution in [3.8, 4) is 23.1 Å². The third kappa shape index (κ3) is 5.41. The first-order valence-electron chi connectivity index (χ1n) is 11.0. The van der Waals surface area contributed by atoms with Crippen molar-refractivity contribution >= 4 is 17.5 Å². The van der Waals surface area contributed by atoms with Gasteiger partial charge in [-0.25, -0.2) is 4.98 Å². The number of benzene rings is 2. The summed E-state index contributed by atoms with van der Waals surface area (Å²) < 4.78 is 11.6. The lowest BCUT2D eigenvalue weighted by Gasteiger charge is -2.34. The molecule has 0 radical (unpaired) electrons. The van der Waals surface area contributed by atoms with Gasteiger partial charge in [-0.05, 0) is 67.9 Å². The minimum absolute atomic E-state index is 0.0562. The number of nitrogens with zero attached hydrogens (tertiary/aromatic N) is 2. The Labute approximate surface area is 198 Å². The number of rotatable bonds is 8. The molecule has 1 aromatic heterocycles. The zero-order valence-electron chi connectivity index (χ0n) is 18.6. The summed E-state index contributed by atoms with van der Waals surface area (Å²) in [5.41, 5.74) is 6.16. The molecule has 0 spiro atoms. The number of carbonyl (C=O) groups is 2. The highest BCUT2D eigenvalue weighted by Gasteiger charge is 2.27. The fourth-order valence-corrected chi connectivity index (χ4v) is 3.81. The molecular weight excluding hydrogens is 432 g/mol.